The van der Waals surface area contributed by atoms with E-state index >= 15 is 0 Å². The Bertz CT molecular complexity index is 308. The number of carbonyl (C=O) groups excluding carboxylic acids is 1. The lowest BCUT2D eigenvalue weighted by Crippen LogP contribution is -2.26. The molecule has 1 radical (unpaired) electrons. The van der Waals surface area contributed by atoms with E-state index in [9.17, 15) is 4.79 Å². The molecule has 1 aromatic carbocycles. The molecule has 0 aliphatic rings. The average Bonchev–Trinajstić information content (AvgIpc) is 2.30. The smallest absolute Gasteiger partial charge is 0.347 e. The molecule has 3 heteroatoms. The third-order valence-corrected chi connectivity index (χ3v) is 2.07. The molecule has 1 aromatic rings. The number of hydrogen-bond donors (Lipinski definition) is 0. The maximum Gasteiger partial charge on any atom is 0.347 e. The summed E-state index contributed by atoms with van der Waals surface area (Å²) >= 11 is 0. The summed E-state index contributed by atoms with van der Waals surface area (Å²) in [7, 11) is 0. The quantitative estimate of drug-likeness (QED) is 0.547. The molecule has 0 saturated heterocycles. The minimum absolute atomic E-state index is 0.318. The normalized spacial score (nSPS) is 11.9. The Morgan fingerprint density at radius 1 is 1.44 bits per heavy atom. The summed E-state index contributed by atoms with van der Waals surface area (Å²) in [4.78, 5) is 11.5. The van der Waals surface area contributed by atoms with E-state index in [0.29, 0.717) is 12.4 Å². The van der Waals surface area contributed by atoms with Crippen LogP contribution in [0.1, 0.15) is 26.7 Å². The molecular weight excluding hydrogens is 204 g/mol. The molecule has 0 aliphatic carbocycles. The molecule has 0 saturated carbocycles. The molecule has 0 amide bonds. The van der Waals surface area contributed by atoms with Crippen LogP contribution in [0.3, 0.4) is 0 Å². The van der Waals surface area contributed by atoms with Gasteiger partial charge in [-0.05, 0) is 31.5 Å². The van der Waals surface area contributed by atoms with Crippen LogP contribution in [0, 0.1) is 6.07 Å². The Labute approximate surface area is 96.4 Å². The van der Waals surface area contributed by atoms with Crippen molar-refractivity contribution in [1.29, 1.82) is 0 Å². The first kappa shape index (κ1) is 12.6. The van der Waals surface area contributed by atoms with Crippen LogP contribution in [-0.2, 0) is 9.53 Å². The largest absolute Gasteiger partial charge is 0.479 e. The maximum atomic E-state index is 11.5. The van der Waals surface area contributed by atoms with Crippen molar-refractivity contribution in [2.45, 2.75) is 32.8 Å². The van der Waals surface area contributed by atoms with Gasteiger partial charge < -0.3 is 9.47 Å². The SMILES string of the molecule is CCCCOC(=O)C(C)Oc1cc[c]cc1. The van der Waals surface area contributed by atoms with Crippen LogP contribution in [0.5, 0.6) is 5.75 Å². The van der Waals surface area contributed by atoms with Crippen LogP contribution in [0.25, 0.3) is 0 Å². The monoisotopic (exact) mass is 221 g/mol. The number of benzene rings is 1. The van der Waals surface area contributed by atoms with Crippen LogP contribution in [0.15, 0.2) is 24.3 Å². The fourth-order valence-corrected chi connectivity index (χ4v) is 1.14. The molecule has 0 fully saturated rings. The van der Waals surface area contributed by atoms with Gasteiger partial charge in [0, 0.05) is 0 Å². The first-order valence-corrected chi connectivity index (χ1v) is 5.53. The topological polar surface area (TPSA) is 35.5 Å². The molecule has 1 atom stereocenters. The molecular formula is C13H17O3. The van der Waals surface area contributed by atoms with Gasteiger partial charge in [-0.2, -0.15) is 0 Å². The van der Waals surface area contributed by atoms with Gasteiger partial charge in [0.15, 0.2) is 6.10 Å². The molecule has 0 N–H and O–H groups in total. The number of esters is 1. The van der Waals surface area contributed by atoms with Gasteiger partial charge in [0.25, 0.3) is 0 Å². The van der Waals surface area contributed by atoms with Crippen LogP contribution in [-0.4, -0.2) is 18.7 Å². The average molecular weight is 221 g/mol. The van der Waals surface area contributed by atoms with Gasteiger partial charge >= 0.3 is 5.97 Å². The third kappa shape index (κ3) is 4.34. The zero-order valence-corrected chi connectivity index (χ0v) is 9.73. The van der Waals surface area contributed by atoms with Crippen molar-refractivity contribution in [3.8, 4) is 5.75 Å². The maximum absolute atomic E-state index is 11.5. The van der Waals surface area contributed by atoms with Crippen LogP contribution in [0.2, 0.25) is 0 Å². The molecule has 16 heavy (non-hydrogen) atoms. The Balaban J connectivity index is 2.34. The Morgan fingerprint density at radius 3 is 2.75 bits per heavy atom. The van der Waals surface area contributed by atoms with E-state index in [1.165, 1.54) is 0 Å². The molecule has 87 valence electrons. The highest BCUT2D eigenvalue weighted by atomic mass is 16.6. The number of rotatable bonds is 6. The van der Waals surface area contributed by atoms with Gasteiger partial charge in [0.05, 0.1) is 6.61 Å². The highest BCUT2D eigenvalue weighted by Crippen LogP contribution is 2.11. The van der Waals surface area contributed by atoms with Gasteiger partial charge in [-0.25, -0.2) is 4.79 Å². The Kier molecular flexibility index (Phi) is 5.40. The van der Waals surface area contributed by atoms with Crippen molar-refractivity contribution in [1.82, 2.24) is 0 Å². The Morgan fingerprint density at radius 2 is 2.12 bits per heavy atom. The van der Waals surface area contributed by atoms with Crippen molar-refractivity contribution in [3.05, 3.63) is 30.3 Å². The van der Waals surface area contributed by atoms with Crippen molar-refractivity contribution < 1.29 is 14.3 Å². The molecule has 0 heterocycles. The predicted octanol–water partition coefficient (Wildman–Crippen LogP) is 2.60. The molecule has 0 aromatic heterocycles. The summed E-state index contributed by atoms with van der Waals surface area (Å²) in [6, 6.07) is 9.88. The standard InChI is InChI=1S/C13H17O3/c1-3-4-10-15-13(14)11(2)16-12-8-6-5-7-9-12/h6-9,11H,3-4,10H2,1-2H3. The number of hydrogen-bond acceptors (Lipinski definition) is 3. The summed E-state index contributed by atoms with van der Waals surface area (Å²) < 4.78 is 10.5. The van der Waals surface area contributed by atoms with Crippen molar-refractivity contribution in [2.75, 3.05) is 6.61 Å². The number of carbonyl (C=O) groups is 1. The van der Waals surface area contributed by atoms with E-state index in [2.05, 4.69) is 6.07 Å². The summed E-state index contributed by atoms with van der Waals surface area (Å²) in [5, 5.41) is 0. The van der Waals surface area contributed by atoms with Crippen LogP contribution < -0.4 is 4.74 Å². The lowest BCUT2D eigenvalue weighted by atomic mass is 10.3. The second-order valence-corrected chi connectivity index (χ2v) is 3.52. The molecule has 0 aliphatic heterocycles. The van der Waals surface area contributed by atoms with Gasteiger partial charge in [-0.1, -0.05) is 25.5 Å². The molecule has 0 spiro atoms. The molecule has 0 bridgehead atoms. The summed E-state index contributed by atoms with van der Waals surface area (Å²) in [6.07, 6.45) is 1.33. The number of ether oxygens (including phenoxy) is 2. The van der Waals surface area contributed by atoms with Crippen LogP contribution >= 0.6 is 0 Å². The van der Waals surface area contributed by atoms with E-state index in [-0.39, 0.29) is 5.97 Å². The Hall–Kier alpha value is -1.51. The lowest BCUT2D eigenvalue weighted by Gasteiger charge is -2.13. The van der Waals surface area contributed by atoms with Gasteiger partial charge in [0.1, 0.15) is 5.75 Å². The lowest BCUT2D eigenvalue weighted by molar-refractivity contribution is -0.151. The van der Waals surface area contributed by atoms with Gasteiger partial charge in [-0.15, -0.1) is 0 Å². The zero-order valence-electron chi connectivity index (χ0n) is 9.73. The summed E-state index contributed by atoms with van der Waals surface area (Å²) in [5.41, 5.74) is 0. The highest BCUT2D eigenvalue weighted by molar-refractivity contribution is 5.74. The minimum Gasteiger partial charge on any atom is -0.479 e. The highest BCUT2D eigenvalue weighted by Gasteiger charge is 2.15. The van der Waals surface area contributed by atoms with E-state index < -0.39 is 6.10 Å². The molecule has 3 nitrogen and oxygen atoms in total. The minimum atomic E-state index is -0.570. The van der Waals surface area contributed by atoms with Gasteiger partial charge in [-0.3, -0.25) is 0 Å². The summed E-state index contributed by atoms with van der Waals surface area (Å²) in [5.74, 6) is 0.333. The van der Waals surface area contributed by atoms with Crippen molar-refractivity contribution in [3.63, 3.8) is 0 Å². The molecule has 1 unspecified atom stereocenters. The zero-order chi connectivity index (χ0) is 11.8. The van der Waals surface area contributed by atoms with Crippen molar-refractivity contribution in [2.24, 2.45) is 0 Å². The summed E-state index contributed by atoms with van der Waals surface area (Å²) in [6.45, 7) is 4.20. The molecule has 1 rings (SSSR count). The third-order valence-electron chi connectivity index (χ3n) is 2.07. The first-order chi connectivity index (χ1) is 7.74. The van der Waals surface area contributed by atoms with E-state index in [1.54, 1.807) is 31.2 Å². The second-order valence-electron chi connectivity index (χ2n) is 3.52. The van der Waals surface area contributed by atoms with E-state index in [4.69, 9.17) is 9.47 Å². The first-order valence-electron chi connectivity index (χ1n) is 5.53. The predicted molar refractivity (Wildman–Crippen MR) is 61.2 cm³/mol. The fourth-order valence-electron chi connectivity index (χ4n) is 1.14. The van der Waals surface area contributed by atoms with Gasteiger partial charge in [0.2, 0.25) is 0 Å². The van der Waals surface area contributed by atoms with E-state index in [1.807, 2.05) is 6.92 Å². The van der Waals surface area contributed by atoms with E-state index in [0.717, 1.165) is 12.8 Å². The van der Waals surface area contributed by atoms with Crippen LogP contribution in [0.4, 0.5) is 0 Å². The second kappa shape index (κ2) is 6.88. The fraction of sp³-hybridized carbons (Fsp3) is 0.462. The van der Waals surface area contributed by atoms with Crippen molar-refractivity contribution >= 4 is 5.97 Å². The number of unbranched alkanes of at least 4 members (excludes halogenated alkanes) is 1.